The quantitative estimate of drug-likeness (QED) is 0.0864. The van der Waals surface area contributed by atoms with Gasteiger partial charge in [0.2, 0.25) is 0 Å². The zero-order valence-electron chi connectivity index (χ0n) is 30.8. The number of hydrogen-bond donors (Lipinski definition) is 1. The number of halogens is 4. The van der Waals surface area contributed by atoms with Gasteiger partial charge in [0.15, 0.2) is 0 Å². The molecule has 0 saturated heterocycles. The van der Waals surface area contributed by atoms with Crippen molar-refractivity contribution in [2.24, 2.45) is 0 Å². The number of phenolic OH excluding ortho intramolecular Hbond substituents is 1. The minimum Gasteiger partial charge on any atom is -0.506 e. The summed E-state index contributed by atoms with van der Waals surface area (Å²) in [6, 6.07) is 41.7. The molecule has 0 amide bonds. The molecule has 0 spiro atoms. The fraction of sp³-hybridized carbons (Fsp3) is 0.149. The second kappa shape index (κ2) is 18.4. The van der Waals surface area contributed by atoms with E-state index in [0.29, 0.717) is 39.6 Å². The summed E-state index contributed by atoms with van der Waals surface area (Å²) in [6.45, 7) is 2.33. The molecule has 0 aliphatic rings. The van der Waals surface area contributed by atoms with E-state index >= 15 is 0 Å². The average molecular weight is 1200 g/mol. The largest absolute Gasteiger partial charge is 0.506 e. The Kier molecular flexibility index (Phi) is 13.1. The molecule has 8 rings (SSSR count). The Morgan fingerprint density at radius 2 is 0.719 bits per heavy atom. The average Bonchev–Trinajstić information content (AvgIpc) is 3.22. The van der Waals surface area contributed by atoms with Gasteiger partial charge in [-0.05, 0) is 158 Å². The molecule has 0 unspecified atom stereocenters. The van der Waals surface area contributed by atoms with Crippen LogP contribution in [0.25, 0.3) is 65.3 Å². The molecule has 0 aliphatic heterocycles. The fourth-order valence-electron chi connectivity index (χ4n) is 7.39. The van der Waals surface area contributed by atoms with Gasteiger partial charge in [-0.25, -0.2) is 0 Å². The van der Waals surface area contributed by atoms with Gasteiger partial charge < -0.3 is 28.8 Å². The first-order valence-corrected chi connectivity index (χ1v) is 22.7. The minimum atomic E-state index is 0.248. The summed E-state index contributed by atoms with van der Waals surface area (Å²) in [5, 5.41) is 20.1. The summed E-state index contributed by atoms with van der Waals surface area (Å²) in [6.07, 6.45) is 0. The number of hydrogen-bond acceptors (Lipinski definition) is 6. The van der Waals surface area contributed by atoms with Gasteiger partial charge in [0, 0.05) is 22.3 Å². The Balaban J connectivity index is 0.927. The Labute approximate surface area is 385 Å². The van der Waals surface area contributed by atoms with Crippen molar-refractivity contribution >= 4 is 133 Å². The zero-order valence-corrected chi connectivity index (χ0v) is 39.4. The highest BCUT2D eigenvalue weighted by Gasteiger charge is 2.24. The summed E-state index contributed by atoms with van der Waals surface area (Å²) in [7, 11) is 1.73. The fourth-order valence-corrected chi connectivity index (χ4v) is 10.3. The van der Waals surface area contributed by atoms with Crippen LogP contribution in [0, 0.1) is 14.3 Å². The number of aromatic hydroxyl groups is 1. The molecular formula is C47H36I4O6. The smallest absolute Gasteiger partial charge is 0.141 e. The lowest BCUT2D eigenvalue weighted by atomic mass is 9.92. The summed E-state index contributed by atoms with van der Waals surface area (Å²) in [5.41, 5.74) is 3.69. The van der Waals surface area contributed by atoms with Gasteiger partial charge in [0.1, 0.15) is 36.2 Å². The monoisotopic (exact) mass is 1200 g/mol. The second-order valence-corrected chi connectivity index (χ2v) is 17.9. The molecule has 0 radical (unpaired) electrons. The van der Waals surface area contributed by atoms with Crippen LogP contribution >= 0.6 is 90.4 Å². The lowest BCUT2D eigenvalue weighted by Crippen LogP contribution is -2.14. The van der Waals surface area contributed by atoms with Crippen molar-refractivity contribution in [3.63, 3.8) is 0 Å². The lowest BCUT2D eigenvalue weighted by Gasteiger charge is -2.21. The third-order valence-electron chi connectivity index (χ3n) is 9.87. The van der Waals surface area contributed by atoms with Crippen LogP contribution in [0.1, 0.15) is 0 Å². The molecule has 0 atom stereocenters. The maximum Gasteiger partial charge on any atom is 0.141 e. The molecule has 8 aromatic rings. The van der Waals surface area contributed by atoms with E-state index in [0.717, 1.165) is 96.9 Å². The van der Waals surface area contributed by atoms with Gasteiger partial charge >= 0.3 is 0 Å². The van der Waals surface area contributed by atoms with Crippen molar-refractivity contribution in [2.75, 3.05) is 46.8 Å². The highest BCUT2D eigenvalue weighted by Crippen LogP contribution is 2.50. The molecule has 6 nitrogen and oxygen atoms in total. The van der Waals surface area contributed by atoms with Crippen LogP contribution in [0.4, 0.5) is 0 Å². The summed E-state index contributed by atoms with van der Waals surface area (Å²) in [5.74, 6) is 2.62. The lowest BCUT2D eigenvalue weighted by molar-refractivity contribution is 0.0273. The van der Waals surface area contributed by atoms with Crippen LogP contribution in [0.3, 0.4) is 0 Å². The highest BCUT2D eigenvalue weighted by atomic mass is 127. The number of phenols is 1. The first-order chi connectivity index (χ1) is 27.9. The van der Waals surface area contributed by atoms with Crippen LogP contribution in [-0.2, 0) is 9.47 Å². The molecular weight excluding hydrogens is 1170 g/mol. The van der Waals surface area contributed by atoms with Crippen LogP contribution in [0.5, 0.6) is 23.0 Å². The number of fused-ring (bicyclic) bond motifs is 4. The van der Waals surface area contributed by atoms with Gasteiger partial charge in [0.05, 0.1) is 47.8 Å². The predicted molar refractivity (Wildman–Crippen MR) is 265 cm³/mol. The van der Waals surface area contributed by atoms with E-state index in [9.17, 15) is 5.11 Å². The summed E-state index contributed by atoms with van der Waals surface area (Å²) >= 11 is 9.26. The minimum absolute atomic E-state index is 0.248. The van der Waals surface area contributed by atoms with Gasteiger partial charge in [-0.1, -0.05) is 97.1 Å². The maximum atomic E-state index is 11.5. The van der Waals surface area contributed by atoms with E-state index in [1.165, 1.54) is 0 Å². The van der Waals surface area contributed by atoms with Gasteiger partial charge in [-0.3, -0.25) is 0 Å². The van der Waals surface area contributed by atoms with Crippen LogP contribution in [0.15, 0.2) is 121 Å². The molecule has 288 valence electrons. The molecule has 0 aromatic heterocycles. The third-order valence-corrected chi connectivity index (χ3v) is 13.1. The zero-order chi connectivity index (χ0) is 39.5. The first kappa shape index (κ1) is 40.6. The molecule has 0 bridgehead atoms. The third kappa shape index (κ3) is 8.36. The van der Waals surface area contributed by atoms with E-state index in [1.807, 2.05) is 30.3 Å². The van der Waals surface area contributed by atoms with E-state index < -0.39 is 0 Å². The second-order valence-electron chi connectivity index (χ2n) is 13.3. The Morgan fingerprint density at radius 1 is 0.404 bits per heavy atom. The molecule has 10 heteroatoms. The Bertz CT molecular complexity index is 2770. The van der Waals surface area contributed by atoms with Crippen molar-refractivity contribution in [3.8, 4) is 45.3 Å². The van der Waals surface area contributed by atoms with Crippen molar-refractivity contribution in [1.29, 1.82) is 0 Å². The van der Waals surface area contributed by atoms with E-state index in [4.69, 9.17) is 23.7 Å². The van der Waals surface area contributed by atoms with Crippen LogP contribution in [-0.4, -0.2) is 51.9 Å². The number of methoxy groups -OCH3 is 1. The summed E-state index contributed by atoms with van der Waals surface area (Å²) in [4.78, 5) is 0. The molecule has 1 N–H and O–H groups in total. The summed E-state index contributed by atoms with van der Waals surface area (Å²) < 4.78 is 34.9. The van der Waals surface area contributed by atoms with Crippen LogP contribution in [0.2, 0.25) is 0 Å². The Morgan fingerprint density at radius 3 is 1.14 bits per heavy atom. The van der Waals surface area contributed by atoms with Crippen LogP contribution < -0.4 is 14.2 Å². The molecule has 0 saturated carbocycles. The normalized spacial score (nSPS) is 11.5. The van der Waals surface area contributed by atoms with Crippen molar-refractivity contribution in [2.45, 2.75) is 0 Å². The van der Waals surface area contributed by atoms with E-state index in [1.54, 1.807) is 7.11 Å². The van der Waals surface area contributed by atoms with Crippen molar-refractivity contribution < 1.29 is 28.8 Å². The Hall–Kier alpha value is -3.16. The van der Waals surface area contributed by atoms with Gasteiger partial charge in [0.25, 0.3) is 0 Å². The van der Waals surface area contributed by atoms with Gasteiger partial charge in [-0.2, -0.15) is 0 Å². The maximum absolute atomic E-state index is 11.5. The molecule has 0 fully saturated rings. The highest BCUT2D eigenvalue weighted by molar-refractivity contribution is 14.1. The molecule has 8 aromatic carbocycles. The first-order valence-electron chi connectivity index (χ1n) is 18.4. The number of benzene rings is 8. The van der Waals surface area contributed by atoms with Crippen molar-refractivity contribution in [1.82, 2.24) is 0 Å². The predicted octanol–water partition coefficient (Wildman–Crippen LogP) is 13.3. The standard InChI is InChI=1S/C47H36I4O6/c1-53-45-37(49)25-29-11-4-8-16-34(29)42(45)43-35-17-9-5-13-31(35)27-39(51)47(43)57-23-21-55-19-18-54-20-22-56-46-38(50)26-30-12-3-7-15-33(30)41(46)40-32-14-6-2-10-28(32)24-36(48)44(40)52/h2-17,24-27,52H,18-23H2,1H3. The number of ether oxygens (including phenoxy) is 5. The molecule has 57 heavy (non-hydrogen) atoms. The van der Waals surface area contributed by atoms with E-state index in [2.05, 4.69) is 181 Å². The number of rotatable bonds is 14. The SMILES string of the molecule is COc1c(I)cc2ccccc2c1-c1c(OCCOCCOCCOc2c(I)cc3ccccc3c2-c2c(O)c(I)cc3ccccc23)c(I)cc2ccccc12. The van der Waals surface area contributed by atoms with E-state index in [-0.39, 0.29) is 5.75 Å². The molecule has 0 aliphatic carbocycles. The molecule has 0 heterocycles. The van der Waals surface area contributed by atoms with Gasteiger partial charge in [-0.15, -0.1) is 0 Å². The van der Waals surface area contributed by atoms with Crippen molar-refractivity contribution in [3.05, 3.63) is 136 Å². The topological polar surface area (TPSA) is 66.4 Å².